The van der Waals surface area contributed by atoms with E-state index >= 15 is 0 Å². The Labute approximate surface area is 89.5 Å². The summed E-state index contributed by atoms with van der Waals surface area (Å²) >= 11 is 0. The van der Waals surface area contributed by atoms with Crippen molar-refractivity contribution in [3.63, 3.8) is 0 Å². The number of rotatable bonds is 3. The van der Waals surface area contributed by atoms with Crippen LogP contribution in [0.4, 0.5) is 0 Å². The Morgan fingerprint density at radius 1 is 1.13 bits per heavy atom. The zero-order valence-corrected chi connectivity index (χ0v) is 8.94. The Kier molecular flexibility index (Phi) is 2.88. The van der Waals surface area contributed by atoms with E-state index in [1.807, 2.05) is 24.3 Å². The summed E-state index contributed by atoms with van der Waals surface area (Å²) in [4.78, 5) is 0. The Balaban J connectivity index is 2.40. The van der Waals surface area contributed by atoms with E-state index in [1.54, 1.807) is 13.4 Å². The van der Waals surface area contributed by atoms with Crippen molar-refractivity contribution in [2.24, 2.45) is 0 Å². The van der Waals surface area contributed by atoms with Crippen molar-refractivity contribution in [1.82, 2.24) is 0 Å². The Bertz CT molecular complexity index is 418. The maximum Gasteiger partial charge on any atom is 0.140 e. The molecule has 0 radical (unpaired) electrons. The van der Waals surface area contributed by atoms with Gasteiger partial charge in [0.05, 0.1) is 6.26 Å². The molecule has 1 aromatic carbocycles. The summed E-state index contributed by atoms with van der Waals surface area (Å²) in [6.45, 7) is 2.07. The van der Waals surface area contributed by atoms with Gasteiger partial charge in [-0.15, -0.1) is 0 Å². The molecule has 0 amide bonds. The van der Waals surface area contributed by atoms with Crippen LogP contribution in [0, 0.1) is 6.92 Å². The quantitative estimate of drug-likeness (QED) is 0.761. The molecule has 0 saturated carbocycles. The van der Waals surface area contributed by atoms with Gasteiger partial charge in [-0.3, -0.25) is 0 Å². The summed E-state index contributed by atoms with van der Waals surface area (Å²) in [5.41, 5.74) is 2.36. The van der Waals surface area contributed by atoms with Crippen LogP contribution in [0.25, 0.3) is 0 Å². The lowest BCUT2D eigenvalue weighted by atomic mass is 10.0. The third kappa shape index (κ3) is 1.95. The van der Waals surface area contributed by atoms with Crippen LogP contribution in [-0.2, 0) is 4.74 Å². The summed E-state index contributed by atoms with van der Waals surface area (Å²) in [7, 11) is 1.69. The van der Waals surface area contributed by atoms with Crippen molar-refractivity contribution >= 4 is 0 Å². The van der Waals surface area contributed by atoms with Crippen molar-refractivity contribution in [2.75, 3.05) is 7.11 Å². The highest BCUT2D eigenvalue weighted by atomic mass is 16.5. The van der Waals surface area contributed by atoms with Crippen LogP contribution in [0.5, 0.6) is 0 Å². The highest BCUT2D eigenvalue weighted by molar-refractivity contribution is 5.32. The molecule has 1 heterocycles. The van der Waals surface area contributed by atoms with Crippen LogP contribution in [0.2, 0.25) is 0 Å². The standard InChI is InChI=1S/C13H14O2/c1-10-6-3-4-7-11(10)13(14-2)12-8-5-9-15-12/h3-9,13H,1-2H3. The fourth-order valence-electron chi connectivity index (χ4n) is 1.72. The molecule has 0 spiro atoms. The second-order valence-corrected chi connectivity index (χ2v) is 3.49. The largest absolute Gasteiger partial charge is 0.466 e. The predicted molar refractivity (Wildman–Crippen MR) is 58.7 cm³/mol. The van der Waals surface area contributed by atoms with Crippen LogP contribution in [0.1, 0.15) is 23.0 Å². The maximum absolute atomic E-state index is 5.47. The summed E-state index contributed by atoms with van der Waals surface area (Å²) in [6.07, 6.45) is 1.56. The molecule has 1 atom stereocenters. The van der Waals surface area contributed by atoms with Crippen LogP contribution < -0.4 is 0 Å². The van der Waals surface area contributed by atoms with Crippen molar-refractivity contribution in [3.05, 3.63) is 59.5 Å². The zero-order valence-electron chi connectivity index (χ0n) is 8.94. The molecule has 1 unspecified atom stereocenters. The molecule has 0 fully saturated rings. The number of aryl methyl sites for hydroxylation is 1. The van der Waals surface area contributed by atoms with Gasteiger partial charge in [0.2, 0.25) is 0 Å². The molecule has 0 N–H and O–H groups in total. The van der Waals surface area contributed by atoms with Crippen molar-refractivity contribution in [2.45, 2.75) is 13.0 Å². The van der Waals surface area contributed by atoms with Crippen LogP contribution in [-0.4, -0.2) is 7.11 Å². The van der Waals surface area contributed by atoms with Gasteiger partial charge in [0, 0.05) is 7.11 Å². The lowest BCUT2D eigenvalue weighted by molar-refractivity contribution is 0.116. The molecule has 2 heteroatoms. The molecule has 1 aromatic heterocycles. The van der Waals surface area contributed by atoms with Gasteiger partial charge in [-0.05, 0) is 30.2 Å². The molecule has 0 aliphatic carbocycles. The lowest BCUT2D eigenvalue weighted by Crippen LogP contribution is -2.03. The second kappa shape index (κ2) is 4.32. The molecule has 15 heavy (non-hydrogen) atoms. The molecule has 0 saturated heterocycles. The number of hydrogen-bond acceptors (Lipinski definition) is 2. The normalized spacial score (nSPS) is 12.7. The first-order valence-electron chi connectivity index (χ1n) is 4.94. The first-order valence-corrected chi connectivity index (χ1v) is 4.94. The SMILES string of the molecule is COC(c1ccco1)c1ccccc1C. The van der Waals surface area contributed by atoms with E-state index in [2.05, 4.69) is 19.1 Å². The van der Waals surface area contributed by atoms with Crippen molar-refractivity contribution < 1.29 is 9.15 Å². The van der Waals surface area contributed by atoms with E-state index in [4.69, 9.17) is 9.15 Å². The number of benzene rings is 1. The van der Waals surface area contributed by atoms with E-state index < -0.39 is 0 Å². The average molecular weight is 202 g/mol. The molecule has 2 rings (SSSR count). The number of furan rings is 1. The maximum atomic E-state index is 5.47. The van der Waals surface area contributed by atoms with Gasteiger partial charge in [-0.2, -0.15) is 0 Å². The predicted octanol–water partition coefficient (Wildman–Crippen LogP) is 3.32. The monoisotopic (exact) mass is 202 g/mol. The van der Waals surface area contributed by atoms with Crippen molar-refractivity contribution in [3.8, 4) is 0 Å². The number of methoxy groups -OCH3 is 1. The van der Waals surface area contributed by atoms with Gasteiger partial charge >= 0.3 is 0 Å². The lowest BCUT2D eigenvalue weighted by Gasteiger charge is -2.15. The summed E-state index contributed by atoms with van der Waals surface area (Å²) in [5.74, 6) is 0.840. The molecule has 2 aromatic rings. The topological polar surface area (TPSA) is 22.4 Å². The third-order valence-corrected chi connectivity index (χ3v) is 2.51. The Hall–Kier alpha value is -1.54. The van der Waals surface area contributed by atoms with E-state index in [-0.39, 0.29) is 6.10 Å². The minimum Gasteiger partial charge on any atom is -0.466 e. The third-order valence-electron chi connectivity index (χ3n) is 2.51. The van der Waals surface area contributed by atoms with Crippen LogP contribution in [0.3, 0.4) is 0 Å². The summed E-state index contributed by atoms with van der Waals surface area (Å²) in [6, 6.07) is 12.0. The van der Waals surface area contributed by atoms with Crippen LogP contribution in [0.15, 0.2) is 47.1 Å². The first-order chi connectivity index (χ1) is 7.33. The molecule has 0 aliphatic rings. The Morgan fingerprint density at radius 3 is 2.53 bits per heavy atom. The molecule has 78 valence electrons. The van der Waals surface area contributed by atoms with Gasteiger partial charge in [-0.25, -0.2) is 0 Å². The van der Waals surface area contributed by atoms with E-state index in [9.17, 15) is 0 Å². The van der Waals surface area contributed by atoms with Gasteiger partial charge in [0.25, 0.3) is 0 Å². The number of hydrogen-bond donors (Lipinski definition) is 0. The molecule has 2 nitrogen and oxygen atoms in total. The minimum absolute atomic E-state index is 0.110. The smallest absolute Gasteiger partial charge is 0.140 e. The molecule has 0 bridgehead atoms. The van der Waals surface area contributed by atoms with Gasteiger partial charge in [0.1, 0.15) is 11.9 Å². The van der Waals surface area contributed by atoms with Gasteiger partial charge in [0.15, 0.2) is 0 Å². The first kappa shape index (κ1) is 9.99. The van der Waals surface area contributed by atoms with E-state index in [1.165, 1.54) is 5.56 Å². The molecular formula is C13H14O2. The second-order valence-electron chi connectivity index (χ2n) is 3.49. The minimum atomic E-state index is -0.110. The number of ether oxygens (including phenoxy) is 1. The summed E-state index contributed by atoms with van der Waals surface area (Å²) in [5, 5.41) is 0. The summed E-state index contributed by atoms with van der Waals surface area (Å²) < 4.78 is 10.8. The molecular weight excluding hydrogens is 188 g/mol. The fourth-order valence-corrected chi connectivity index (χ4v) is 1.72. The molecule has 0 aliphatic heterocycles. The highest BCUT2D eigenvalue weighted by Gasteiger charge is 2.17. The van der Waals surface area contributed by atoms with E-state index in [0.717, 1.165) is 11.3 Å². The van der Waals surface area contributed by atoms with Crippen molar-refractivity contribution in [1.29, 1.82) is 0 Å². The van der Waals surface area contributed by atoms with Gasteiger partial charge < -0.3 is 9.15 Å². The zero-order chi connectivity index (χ0) is 10.7. The van der Waals surface area contributed by atoms with E-state index in [0.29, 0.717) is 0 Å². The Morgan fingerprint density at radius 2 is 1.93 bits per heavy atom. The van der Waals surface area contributed by atoms with Crippen LogP contribution >= 0.6 is 0 Å². The van der Waals surface area contributed by atoms with Gasteiger partial charge in [-0.1, -0.05) is 24.3 Å². The fraction of sp³-hybridized carbons (Fsp3) is 0.231. The highest BCUT2D eigenvalue weighted by Crippen LogP contribution is 2.27. The average Bonchev–Trinajstić information content (AvgIpc) is 2.75.